The average Bonchev–Trinajstić information content (AvgIpc) is 3.20. The molecule has 1 rings (SSSR count). The third-order valence-electron chi connectivity index (χ3n) is 4.31. The van der Waals surface area contributed by atoms with Gasteiger partial charge in [-0.05, 0) is 32.3 Å². The molecular weight excluding hydrogens is 428 g/mol. The maximum absolute atomic E-state index is 12.8. The SMILES string of the molecule is CSCCC(NC(=O)C(NC(=O)C(C)N)C(C)O)C(=O)NC(Cc1cnc[nH]1)C(=O)O. The van der Waals surface area contributed by atoms with Crippen molar-refractivity contribution in [3.8, 4) is 0 Å². The summed E-state index contributed by atoms with van der Waals surface area (Å²) >= 11 is 1.44. The van der Waals surface area contributed by atoms with Crippen molar-refractivity contribution in [1.29, 1.82) is 0 Å². The number of hydrogen-bond donors (Lipinski definition) is 7. The molecule has 1 aromatic heterocycles. The van der Waals surface area contributed by atoms with Crippen LogP contribution in [0.1, 0.15) is 26.0 Å². The van der Waals surface area contributed by atoms with E-state index in [0.717, 1.165) is 0 Å². The second-order valence-electron chi connectivity index (χ2n) is 7.04. The number of nitrogens with one attached hydrogen (secondary N) is 4. The number of carbonyl (C=O) groups excluding carboxylic acids is 3. The van der Waals surface area contributed by atoms with Crippen molar-refractivity contribution in [2.45, 2.75) is 57.0 Å². The molecule has 0 fully saturated rings. The number of rotatable bonds is 13. The molecular formula is C18H30N6O6S. The number of hydrogen-bond acceptors (Lipinski definition) is 8. The minimum atomic E-state index is -1.33. The minimum Gasteiger partial charge on any atom is -0.480 e. The number of nitrogens with two attached hydrogens (primary N) is 1. The van der Waals surface area contributed by atoms with E-state index in [-0.39, 0.29) is 12.8 Å². The van der Waals surface area contributed by atoms with Crippen LogP contribution in [0.4, 0.5) is 0 Å². The van der Waals surface area contributed by atoms with E-state index in [4.69, 9.17) is 5.73 Å². The zero-order chi connectivity index (χ0) is 23.6. The predicted octanol–water partition coefficient (Wildman–Crippen LogP) is -2.03. The third kappa shape index (κ3) is 8.94. The summed E-state index contributed by atoms with van der Waals surface area (Å²) in [4.78, 5) is 55.4. The first-order chi connectivity index (χ1) is 14.6. The fourth-order valence-electron chi connectivity index (χ4n) is 2.54. The van der Waals surface area contributed by atoms with E-state index in [1.165, 1.54) is 38.1 Å². The van der Waals surface area contributed by atoms with E-state index in [1.807, 2.05) is 6.26 Å². The van der Waals surface area contributed by atoms with E-state index >= 15 is 0 Å². The molecule has 12 nitrogen and oxygen atoms in total. The Labute approximate surface area is 184 Å². The van der Waals surface area contributed by atoms with Crippen molar-refractivity contribution in [3.63, 3.8) is 0 Å². The highest BCUT2D eigenvalue weighted by molar-refractivity contribution is 7.98. The van der Waals surface area contributed by atoms with E-state index in [2.05, 4.69) is 25.9 Å². The van der Waals surface area contributed by atoms with Gasteiger partial charge in [0.2, 0.25) is 17.7 Å². The number of aromatic amines is 1. The molecule has 0 aliphatic heterocycles. The zero-order valence-corrected chi connectivity index (χ0v) is 18.4. The number of nitrogens with zero attached hydrogens (tertiary/aromatic N) is 1. The smallest absolute Gasteiger partial charge is 0.326 e. The predicted molar refractivity (Wildman–Crippen MR) is 114 cm³/mol. The zero-order valence-electron chi connectivity index (χ0n) is 17.6. The summed E-state index contributed by atoms with van der Waals surface area (Å²) in [5.74, 6) is -2.87. The van der Waals surface area contributed by atoms with E-state index in [1.54, 1.807) is 0 Å². The minimum absolute atomic E-state index is 0.0228. The summed E-state index contributed by atoms with van der Waals surface area (Å²) in [6.07, 6.45) is 3.59. The number of aliphatic hydroxyl groups is 1. The Bertz CT molecular complexity index is 742. The number of aliphatic hydroxyl groups excluding tert-OH is 1. The number of thioether (sulfide) groups is 1. The maximum atomic E-state index is 12.8. The molecule has 0 spiro atoms. The van der Waals surface area contributed by atoms with Gasteiger partial charge in [0.1, 0.15) is 18.1 Å². The number of carboxylic acid groups (broad SMARTS) is 1. The second-order valence-corrected chi connectivity index (χ2v) is 8.02. The largest absolute Gasteiger partial charge is 0.480 e. The van der Waals surface area contributed by atoms with Crippen molar-refractivity contribution < 1.29 is 29.4 Å². The Kier molecular flexibility index (Phi) is 11.0. The van der Waals surface area contributed by atoms with Crippen LogP contribution in [0, 0.1) is 0 Å². The third-order valence-corrected chi connectivity index (χ3v) is 4.96. The number of carbonyl (C=O) groups is 4. The summed E-state index contributed by atoms with van der Waals surface area (Å²) in [7, 11) is 0. The summed E-state index contributed by atoms with van der Waals surface area (Å²) in [6.45, 7) is 2.74. The maximum Gasteiger partial charge on any atom is 0.326 e. The van der Waals surface area contributed by atoms with Gasteiger partial charge in [-0.2, -0.15) is 11.8 Å². The van der Waals surface area contributed by atoms with Crippen LogP contribution in [0.25, 0.3) is 0 Å². The van der Waals surface area contributed by atoms with Crippen LogP contribution >= 0.6 is 11.8 Å². The van der Waals surface area contributed by atoms with Gasteiger partial charge in [-0.25, -0.2) is 9.78 Å². The van der Waals surface area contributed by atoms with Gasteiger partial charge in [-0.3, -0.25) is 14.4 Å². The summed E-state index contributed by atoms with van der Waals surface area (Å²) < 4.78 is 0. The molecule has 5 atom stereocenters. The lowest BCUT2D eigenvalue weighted by Crippen LogP contribution is -2.59. The molecule has 31 heavy (non-hydrogen) atoms. The van der Waals surface area contributed by atoms with Gasteiger partial charge >= 0.3 is 5.97 Å². The number of aliphatic carboxylic acids is 1. The van der Waals surface area contributed by atoms with E-state index < -0.39 is 54.0 Å². The molecule has 0 saturated carbocycles. The topological polar surface area (TPSA) is 200 Å². The van der Waals surface area contributed by atoms with Gasteiger partial charge in [0.15, 0.2) is 0 Å². The van der Waals surface area contributed by atoms with Crippen LogP contribution in [0.15, 0.2) is 12.5 Å². The normalized spacial score (nSPS) is 15.8. The molecule has 13 heteroatoms. The standard InChI is InChI=1S/C18H30N6O6S/c1-9(19)15(26)24-14(10(2)25)17(28)22-12(4-5-31-3)16(27)23-13(18(29)30)6-11-7-20-8-21-11/h7-10,12-14,25H,4-6,19H2,1-3H3,(H,20,21)(H,22,28)(H,23,27)(H,24,26)(H,29,30). The highest BCUT2D eigenvalue weighted by Crippen LogP contribution is 2.05. The molecule has 0 bridgehead atoms. The Hall–Kier alpha value is -2.64. The monoisotopic (exact) mass is 458 g/mol. The summed E-state index contributed by atoms with van der Waals surface area (Å²) in [5.41, 5.74) is 6.00. The molecule has 0 saturated heterocycles. The molecule has 5 unspecified atom stereocenters. The van der Waals surface area contributed by atoms with Crippen LogP contribution in [-0.2, 0) is 25.6 Å². The molecule has 3 amide bonds. The van der Waals surface area contributed by atoms with Gasteiger partial charge in [-0.15, -0.1) is 0 Å². The van der Waals surface area contributed by atoms with Crippen LogP contribution < -0.4 is 21.7 Å². The molecule has 8 N–H and O–H groups in total. The lowest BCUT2D eigenvalue weighted by molar-refractivity contribution is -0.142. The first-order valence-corrected chi connectivity index (χ1v) is 11.0. The van der Waals surface area contributed by atoms with Gasteiger partial charge in [0.25, 0.3) is 0 Å². The number of H-pyrrole nitrogens is 1. The quantitative estimate of drug-likeness (QED) is 0.174. The Morgan fingerprint density at radius 2 is 1.77 bits per heavy atom. The molecule has 0 aromatic carbocycles. The van der Waals surface area contributed by atoms with Gasteiger partial charge < -0.3 is 36.9 Å². The molecule has 1 aromatic rings. The molecule has 0 radical (unpaired) electrons. The van der Waals surface area contributed by atoms with Gasteiger partial charge in [0, 0.05) is 18.3 Å². The highest BCUT2D eigenvalue weighted by atomic mass is 32.2. The van der Waals surface area contributed by atoms with Crippen molar-refractivity contribution in [3.05, 3.63) is 18.2 Å². The molecule has 1 heterocycles. The molecule has 0 aliphatic carbocycles. The second kappa shape index (κ2) is 12.9. The van der Waals surface area contributed by atoms with E-state index in [9.17, 15) is 29.4 Å². The number of imidazole rings is 1. The summed E-state index contributed by atoms with van der Waals surface area (Å²) in [6, 6.07) is -4.55. The van der Waals surface area contributed by atoms with Crippen LogP contribution in [0.3, 0.4) is 0 Å². The lowest BCUT2D eigenvalue weighted by atomic mass is 10.1. The van der Waals surface area contributed by atoms with Crippen LogP contribution in [-0.4, -0.2) is 86.2 Å². The first kappa shape index (κ1) is 26.4. The fourth-order valence-corrected chi connectivity index (χ4v) is 3.02. The van der Waals surface area contributed by atoms with Crippen molar-refractivity contribution >= 4 is 35.5 Å². The van der Waals surface area contributed by atoms with Crippen molar-refractivity contribution in [2.24, 2.45) is 5.73 Å². The van der Waals surface area contributed by atoms with Gasteiger partial charge in [0.05, 0.1) is 18.5 Å². The van der Waals surface area contributed by atoms with Crippen molar-refractivity contribution in [2.75, 3.05) is 12.0 Å². The highest BCUT2D eigenvalue weighted by Gasteiger charge is 2.32. The van der Waals surface area contributed by atoms with E-state index in [0.29, 0.717) is 11.4 Å². The Morgan fingerprint density at radius 3 is 2.26 bits per heavy atom. The number of aromatic nitrogens is 2. The molecule has 0 aliphatic rings. The van der Waals surface area contributed by atoms with Crippen molar-refractivity contribution in [1.82, 2.24) is 25.9 Å². The Morgan fingerprint density at radius 1 is 1.13 bits per heavy atom. The Balaban J connectivity index is 2.91. The van der Waals surface area contributed by atoms with Crippen LogP contribution in [0.2, 0.25) is 0 Å². The summed E-state index contributed by atoms with van der Waals surface area (Å²) in [5, 5.41) is 26.6. The lowest BCUT2D eigenvalue weighted by Gasteiger charge is -2.26. The average molecular weight is 459 g/mol. The van der Waals surface area contributed by atoms with Gasteiger partial charge in [-0.1, -0.05) is 0 Å². The fraction of sp³-hybridized carbons (Fsp3) is 0.611. The number of carboxylic acids is 1. The molecule has 174 valence electrons. The van der Waals surface area contributed by atoms with Crippen LogP contribution in [0.5, 0.6) is 0 Å². The number of amides is 3. The first-order valence-electron chi connectivity index (χ1n) is 9.60.